The first kappa shape index (κ1) is 18.7. The van der Waals surface area contributed by atoms with Crippen molar-refractivity contribution in [3.05, 3.63) is 53.1 Å². The van der Waals surface area contributed by atoms with Gasteiger partial charge in [-0.2, -0.15) is 0 Å². The minimum atomic E-state index is 0.399. The number of fused-ring (bicyclic) bond motifs is 1. The molecule has 0 spiro atoms. The third-order valence-corrected chi connectivity index (χ3v) is 4.44. The van der Waals surface area contributed by atoms with Gasteiger partial charge in [-0.25, -0.2) is 4.99 Å². The van der Waals surface area contributed by atoms with E-state index in [1.165, 1.54) is 11.3 Å². The van der Waals surface area contributed by atoms with Crippen molar-refractivity contribution in [1.29, 1.82) is 0 Å². The normalized spacial score (nSPS) is 10.1. The van der Waals surface area contributed by atoms with E-state index in [2.05, 4.69) is 11.6 Å². The van der Waals surface area contributed by atoms with Gasteiger partial charge in [-0.15, -0.1) is 11.3 Å². The van der Waals surface area contributed by atoms with Crippen molar-refractivity contribution in [3.8, 4) is 0 Å². The molecular formula is C20H22N2O2S. The fraction of sp³-hybridized carbons (Fsp3) is 0.200. The van der Waals surface area contributed by atoms with Crippen LogP contribution in [0.3, 0.4) is 0 Å². The van der Waals surface area contributed by atoms with Gasteiger partial charge < -0.3 is 10.2 Å². The number of nitrogens with two attached hydrogens (primary N) is 1. The van der Waals surface area contributed by atoms with Crippen LogP contribution in [0.5, 0.6) is 0 Å². The Labute approximate surface area is 151 Å². The molecule has 0 saturated carbocycles. The highest BCUT2D eigenvalue weighted by atomic mass is 32.1. The highest BCUT2D eigenvalue weighted by Gasteiger charge is 2.21. The van der Waals surface area contributed by atoms with Gasteiger partial charge in [0.15, 0.2) is 6.29 Å². The monoisotopic (exact) mass is 354 g/mol. The number of carbonyl (C=O) groups is 1. The second-order valence-corrected chi connectivity index (χ2v) is 6.39. The summed E-state index contributed by atoms with van der Waals surface area (Å²) in [6.45, 7) is 11.9. The molecule has 0 fully saturated rings. The predicted molar refractivity (Wildman–Crippen MR) is 108 cm³/mol. The van der Waals surface area contributed by atoms with Crippen LogP contribution in [0.4, 0.5) is 10.7 Å². The summed E-state index contributed by atoms with van der Waals surface area (Å²) in [5, 5.41) is 1.67. The second kappa shape index (κ2) is 7.94. The van der Waals surface area contributed by atoms with E-state index in [9.17, 15) is 4.79 Å². The van der Waals surface area contributed by atoms with E-state index in [1.807, 2.05) is 58.0 Å². The van der Waals surface area contributed by atoms with Gasteiger partial charge in [0.25, 0.3) is 0 Å². The Morgan fingerprint density at radius 3 is 2.56 bits per heavy atom. The lowest BCUT2D eigenvalue weighted by Crippen LogP contribution is -1.93. The van der Waals surface area contributed by atoms with Crippen molar-refractivity contribution in [2.24, 2.45) is 4.99 Å². The largest absolute Gasteiger partial charge is 0.456 e. The topological polar surface area (TPSA) is 68.6 Å². The molecule has 2 heterocycles. The van der Waals surface area contributed by atoms with Crippen LogP contribution in [-0.4, -0.2) is 12.0 Å². The van der Waals surface area contributed by atoms with E-state index >= 15 is 0 Å². The van der Waals surface area contributed by atoms with Gasteiger partial charge in [-0.05, 0) is 26.0 Å². The van der Waals surface area contributed by atoms with Gasteiger partial charge in [0.05, 0.1) is 10.6 Å². The van der Waals surface area contributed by atoms with E-state index in [4.69, 9.17) is 10.2 Å². The first-order chi connectivity index (χ1) is 12.0. The molecule has 5 heteroatoms. The Balaban J connectivity index is 0.00000109. The third-order valence-electron chi connectivity index (χ3n) is 3.41. The molecule has 1 aromatic carbocycles. The van der Waals surface area contributed by atoms with Crippen LogP contribution >= 0.6 is 11.3 Å². The van der Waals surface area contributed by atoms with Gasteiger partial charge in [-0.1, -0.05) is 38.6 Å². The average Bonchev–Trinajstić information content (AvgIpc) is 3.16. The van der Waals surface area contributed by atoms with Gasteiger partial charge >= 0.3 is 0 Å². The molecule has 3 aromatic rings. The maximum absolute atomic E-state index is 11.2. The molecule has 2 N–H and O–H groups in total. The molecule has 3 rings (SSSR count). The SMILES string of the molecule is C=C(c1cc2ccccc2o1)c1c(N=C(C)C)sc(C=O)c1N.CC. The minimum Gasteiger partial charge on any atom is -0.456 e. The number of rotatable bonds is 4. The molecule has 25 heavy (non-hydrogen) atoms. The van der Waals surface area contributed by atoms with Crippen LogP contribution in [0.1, 0.15) is 48.7 Å². The van der Waals surface area contributed by atoms with Crippen molar-refractivity contribution >= 4 is 50.6 Å². The molecule has 0 atom stereocenters. The van der Waals surface area contributed by atoms with Gasteiger partial charge in [0.2, 0.25) is 0 Å². The lowest BCUT2D eigenvalue weighted by atomic mass is 10.1. The van der Waals surface area contributed by atoms with Crippen molar-refractivity contribution < 1.29 is 9.21 Å². The summed E-state index contributed by atoms with van der Waals surface area (Å²) >= 11 is 1.26. The summed E-state index contributed by atoms with van der Waals surface area (Å²) in [5.74, 6) is 0.623. The highest BCUT2D eigenvalue weighted by molar-refractivity contribution is 7.18. The van der Waals surface area contributed by atoms with Crippen molar-refractivity contribution in [1.82, 2.24) is 0 Å². The number of hydrogen-bond acceptors (Lipinski definition) is 5. The number of aliphatic imine (C=N–C) groups is 1. The number of furan rings is 1. The first-order valence-electron chi connectivity index (χ1n) is 8.09. The molecule has 0 aliphatic heterocycles. The van der Waals surface area contributed by atoms with Crippen LogP contribution in [0.25, 0.3) is 16.5 Å². The van der Waals surface area contributed by atoms with Crippen LogP contribution in [0.2, 0.25) is 0 Å². The summed E-state index contributed by atoms with van der Waals surface area (Å²) in [6, 6.07) is 9.65. The fourth-order valence-corrected chi connectivity index (χ4v) is 3.40. The second-order valence-electron chi connectivity index (χ2n) is 5.36. The number of benzene rings is 1. The Kier molecular flexibility index (Phi) is 5.93. The number of para-hydroxylation sites is 1. The molecule has 0 saturated heterocycles. The molecule has 0 unspecified atom stereocenters. The van der Waals surface area contributed by atoms with Crippen molar-refractivity contribution in [3.63, 3.8) is 0 Å². The molecule has 0 aliphatic carbocycles. The summed E-state index contributed by atoms with van der Waals surface area (Å²) in [7, 11) is 0. The quantitative estimate of drug-likeness (QED) is 0.455. The van der Waals surface area contributed by atoms with Gasteiger partial charge in [0, 0.05) is 22.2 Å². The molecular weight excluding hydrogens is 332 g/mol. The average molecular weight is 354 g/mol. The third kappa shape index (κ3) is 3.72. The first-order valence-corrected chi connectivity index (χ1v) is 8.90. The van der Waals surface area contributed by atoms with Crippen molar-refractivity contribution in [2.45, 2.75) is 27.7 Å². The van der Waals surface area contributed by atoms with Crippen LogP contribution in [0.15, 0.2) is 46.3 Å². The standard InChI is InChI=1S/C18H16N2O2S.C2H6/c1-10(2)20-18-16(17(19)15(9-21)23-18)11(3)14-8-12-6-4-5-7-13(12)22-14;1-2/h4-9H,3,19H2,1-2H3;1-2H3. The lowest BCUT2D eigenvalue weighted by molar-refractivity contribution is 0.112. The number of hydrogen-bond donors (Lipinski definition) is 1. The molecule has 0 bridgehead atoms. The molecule has 0 radical (unpaired) electrons. The van der Waals surface area contributed by atoms with Crippen LogP contribution in [0, 0.1) is 0 Å². The highest BCUT2D eigenvalue weighted by Crippen LogP contribution is 2.43. The minimum absolute atomic E-state index is 0.399. The van der Waals surface area contributed by atoms with E-state index < -0.39 is 0 Å². The van der Waals surface area contributed by atoms with Gasteiger partial charge in [0.1, 0.15) is 16.3 Å². The zero-order valence-corrected chi connectivity index (χ0v) is 15.7. The number of thiophene rings is 1. The molecule has 130 valence electrons. The van der Waals surface area contributed by atoms with Crippen LogP contribution < -0.4 is 5.73 Å². The summed E-state index contributed by atoms with van der Waals surface area (Å²) in [4.78, 5) is 16.1. The maximum atomic E-state index is 11.2. The van der Waals surface area contributed by atoms with E-state index in [1.54, 1.807) is 0 Å². The van der Waals surface area contributed by atoms with Crippen LogP contribution in [-0.2, 0) is 0 Å². The summed E-state index contributed by atoms with van der Waals surface area (Å²) < 4.78 is 5.85. The molecule has 4 nitrogen and oxygen atoms in total. The summed E-state index contributed by atoms with van der Waals surface area (Å²) in [5.41, 5.74) is 9.48. The predicted octanol–water partition coefficient (Wildman–Crippen LogP) is 6.09. The van der Waals surface area contributed by atoms with Crippen molar-refractivity contribution in [2.75, 3.05) is 5.73 Å². The Morgan fingerprint density at radius 1 is 1.28 bits per heavy atom. The fourth-order valence-electron chi connectivity index (χ4n) is 2.36. The number of anilines is 1. The molecule has 0 aliphatic rings. The Morgan fingerprint density at radius 2 is 1.96 bits per heavy atom. The Hall–Kier alpha value is -2.66. The van der Waals surface area contributed by atoms with E-state index in [-0.39, 0.29) is 0 Å². The maximum Gasteiger partial charge on any atom is 0.162 e. The molecule has 0 amide bonds. The smallest absolute Gasteiger partial charge is 0.162 e. The lowest BCUT2D eigenvalue weighted by Gasteiger charge is -2.04. The number of nitrogens with zero attached hydrogens (tertiary/aromatic N) is 1. The van der Waals surface area contributed by atoms with E-state index in [0.29, 0.717) is 32.5 Å². The summed E-state index contributed by atoms with van der Waals surface area (Å²) in [6.07, 6.45) is 0.749. The number of nitrogen functional groups attached to an aromatic ring is 1. The number of aldehydes is 1. The zero-order chi connectivity index (χ0) is 18.6. The molecule has 2 aromatic heterocycles. The van der Waals surface area contributed by atoms with Gasteiger partial charge in [-0.3, -0.25) is 4.79 Å². The van der Waals surface area contributed by atoms with E-state index in [0.717, 1.165) is 23.0 Å². The number of carbonyl (C=O) groups excluding carboxylic acids is 1. The Bertz CT molecular complexity index is 911. The zero-order valence-electron chi connectivity index (χ0n) is 14.9.